The summed E-state index contributed by atoms with van der Waals surface area (Å²) < 4.78 is 4.86. The molecule has 0 bridgehead atoms. The predicted octanol–water partition coefficient (Wildman–Crippen LogP) is 2.40. The van der Waals surface area contributed by atoms with Crippen LogP contribution in [0.15, 0.2) is 11.8 Å². The summed E-state index contributed by atoms with van der Waals surface area (Å²) >= 11 is 0. The molecular formula is C10H14O2. The fourth-order valence-electron chi connectivity index (χ4n) is 1.94. The number of esters is 1. The van der Waals surface area contributed by atoms with Gasteiger partial charge in [0.2, 0.25) is 0 Å². The highest BCUT2D eigenvalue weighted by molar-refractivity contribution is 5.79. The maximum atomic E-state index is 10.5. The van der Waals surface area contributed by atoms with Crippen LogP contribution in [0.2, 0.25) is 0 Å². The standard InChI is InChI=1S/C10H14O2/c11-10-7-9(12-10)6-8-4-2-1-3-5-8/h6,8H,1-5,7H2. The van der Waals surface area contributed by atoms with Gasteiger partial charge in [-0.05, 0) is 24.8 Å². The van der Waals surface area contributed by atoms with Crippen LogP contribution in [-0.4, -0.2) is 5.97 Å². The van der Waals surface area contributed by atoms with Crippen LogP contribution in [0, 0.1) is 5.92 Å². The van der Waals surface area contributed by atoms with E-state index in [2.05, 4.69) is 6.08 Å². The smallest absolute Gasteiger partial charge is 0.318 e. The fourth-order valence-corrected chi connectivity index (χ4v) is 1.94. The summed E-state index contributed by atoms with van der Waals surface area (Å²) in [6.07, 6.45) is 9.30. The molecule has 0 amide bonds. The number of hydrogen-bond donors (Lipinski definition) is 0. The lowest BCUT2D eigenvalue weighted by atomic mass is 9.88. The van der Waals surface area contributed by atoms with E-state index in [-0.39, 0.29) is 5.97 Å². The van der Waals surface area contributed by atoms with Gasteiger partial charge >= 0.3 is 5.97 Å². The van der Waals surface area contributed by atoms with Crippen LogP contribution in [0.25, 0.3) is 0 Å². The van der Waals surface area contributed by atoms with Crippen molar-refractivity contribution >= 4 is 5.97 Å². The number of rotatable bonds is 1. The van der Waals surface area contributed by atoms with Gasteiger partial charge in [0.15, 0.2) is 0 Å². The van der Waals surface area contributed by atoms with E-state index < -0.39 is 0 Å². The molecule has 2 rings (SSSR count). The minimum absolute atomic E-state index is 0.0722. The van der Waals surface area contributed by atoms with E-state index >= 15 is 0 Å². The average Bonchev–Trinajstić information content (AvgIpc) is 2.04. The molecular weight excluding hydrogens is 152 g/mol. The molecule has 1 saturated carbocycles. The highest BCUT2D eigenvalue weighted by Crippen LogP contribution is 2.28. The highest BCUT2D eigenvalue weighted by Gasteiger charge is 2.23. The molecule has 1 saturated heterocycles. The van der Waals surface area contributed by atoms with Gasteiger partial charge in [0, 0.05) is 0 Å². The lowest BCUT2D eigenvalue weighted by molar-refractivity contribution is -0.148. The summed E-state index contributed by atoms with van der Waals surface area (Å²) in [6.45, 7) is 0. The van der Waals surface area contributed by atoms with E-state index in [1.165, 1.54) is 32.1 Å². The molecule has 0 aromatic rings. The predicted molar refractivity (Wildman–Crippen MR) is 45.4 cm³/mol. The Bertz CT molecular complexity index is 202. The van der Waals surface area contributed by atoms with Gasteiger partial charge in [-0.1, -0.05) is 19.3 Å². The first-order valence-corrected chi connectivity index (χ1v) is 4.76. The topological polar surface area (TPSA) is 26.3 Å². The number of ether oxygens (including phenoxy) is 1. The fraction of sp³-hybridized carbons (Fsp3) is 0.700. The number of allylic oxidation sites excluding steroid dienone is 1. The molecule has 0 aromatic carbocycles. The first-order chi connectivity index (χ1) is 5.84. The molecule has 2 nitrogen and oxygen atoms in total. The molecule has 0 atom stereocenters. The van der Waals surface area contributed by atoms with Crippen molar-refractivity contribution in [2.24, 2.45) is 5.92 Å². The van der Waals surface area contributed by atoms with Crippen LogP contribution in [0.4, 0.5) is 0 Å². The van der Waals surface area contributed by atoms with Crippen molar-refractivity contribution in [3.8, 4) is 0 Å². The van der Waals surface area contributed by atoms with Gasteiger partial charge in [-0.3, -0.25) is 4.79 Å². The monoisotopic (exact) mass is 166 g/mol. The third kappa shape index (κ3) is 1.68. The van der Waals surface area contributed by atoms with Crippen LogP contribution in [0.5, 0.6) is 0 Å². The summed E-state index contributed by atoms with van der Waals surface area (Å²) in [7, 11) is 0. The molecule has 2 aliphatic rings. The maximum Gasteiger partial charge on any atom is 0.318 e. The summed E-state index contributed by atoms with van der Waals surface area (Å²) in [5.41, 5.74) is 0. The molecule has 0 spiro atoms. The van der Waals surface area contributed by atoms with Gasteiger partial charge in [0.1, 0.15) is 12.2 Å². The van der Waals surface area contributed by atoms with Crippen molar-refractivity contribution in [1.82, 2.24) is 0 Å². The first-order valence-electron chi connectivity index (χ1n) is 4.76. The Labute approximate surface area is 72.6 Å². The molecule has 1 heterocycles. The summed E-state index contributed by atoms with van der Waals surface area (Å²) in [6, 6.07) is 0. The van der Waals surface area contributed by atoms with Crippen LogP contribution in [-0.2, 0) is 9.53 Å². The molecule has 0 unspecified atom stereocenters. The van der Waals surface area contributed by atoms with E-state index in [4.69, 9.17) is 4.74 Å². The number of cyclic esters (lactones) is 1. The minimum atomic E-state index is -0.0722. The number of hydrogen-bond acceptors (Lipinski definition) is 2. The molecule has 0 radical (unpaired) electrons. The second-order valence-electron chi connectivity index (χ2n) is 3.68. The highest BCUT2D eigenvalue weighted by atomic mass is 16.6. The van der Waals surface area contributed by atoms with Gasteiger partial charge in [-0.25, -0.2) is 0 Å². The third-order valence-electron chi connectivity index (χ3n) is 2.63. The molecule has 1 aliphatic heterocycles. The zero-order valence-corrected chi connectivity index (χ0v) is 7.21. The molecule has 0 aromatic heterocycles. The summed E-state index contributed by atoms with van der Waals surface area (Å²) in [5.74, 6) is 1.52. The van der Waals surface area contributed by atoms with E-state index in [0.29, 0.717) is 12.3 Å². The van der Waals surface area contributed by atoms with Gasteiger partial charge in [-0.15, -0.1) is 0 Å². The van der Waals surface area contributed by atoms with Crippen LogP contribution >= 0.6 is 0 Å². The van der Waals surface area contributed by atoms with Gasteiger partial charge in [-0.2, -0.15) is 0 Å². The summed E-state index contributed by atoms with van der Waals surface area (Å²) in [4.78, 5) is 10.5. The number of carbonyl (C=O) groups excluding carboxylic acids is 1. The van der Waals surface area contributed by atoms with Crippen LogP contribution < -0.4 is 0 Å². The van der Waals surface area contributed by atoms with Crippen molar-refractivity contribution in [3.05, 3.63) is 11.8 Å². The second kappa shape index (κ2) is 3.30. The van der Waals surface area contributed by atoms with E-state index in [9.17, 15) is 4.79 Å². The Balaban J connectivity index is 1.84. The third-order valence-corrected chi connectivity index (χ3v) is 2.63. The molecule has 0 N–H and O–H groups in total. The lowest BCUT2D eigenvalue weighted by Gasteiger charge is -2.22. The molecule has 2 fully saturated rings. The molecule has 1 aliphatic carbocycles. The SMILES string of the molecule is O=C1CC(=CC2CCCCC2)O1. The van der Waals surface area contributed by atoms with Gasteiger partial charge in [0.05, 0.1) is 0 Å². The lowest BCUT2D eigenvalue weighted by Crippen LogP contribution is -2.19. The Morgan fingerprint density at radius 1 is 1.25 bits per heavy atom. The van der Waals surface area contributed by atoms with Crippen molar-refractivity contribution in [2.45, 2.75) is 38.5 Å². The van der Waals surface area contributed by atoms with Crippen LogP contribution in [0.3, 0.4) is 0 Å². The quantitative estimate of drug-likeness (QED) is 0.559. The molecule has 12 heavy (non-hydrogen) atoms. The Kier molecular flexibility index (Phi) is 2.15. The normalized spacial score (nSPS) is 28.3. The second-order valence-corrected chi connectivity index (χ2v) is 3.68. The molecule has 2 heteroatoms. The van der Waals surface area contributed by atoms with E-state index in [1.54, 1.807) is 0 Å². The van der Waals surface area contributed by atoms with E-state index in [0.717, 1.165) is 5.76 Å². The zero-order chi connectivity index (χ0) is 8.39. The Morgan fingerprint density at radius 3 is 2.50 bits per heavy atom. The summed E-state index contributed by atoms with van der Waals surface area (Å²) in [5, 5.41) is 0. The minimum Gasteiger partial charge on any atom is -0.430 e. The van der Waals surface area contributed by atoms with E-state index in [1.807, 2.05) is 0 Å². The largest absolute Gasteiger partial charge is 0.430 e. The van der Waals surface area contributed by atoms with Crippen molar-refractivity contribution in [1.29, 1.82) is 0 Å². The Hall–Kier alpha value is -0.790. The van der Waals surface area contributed by atoms with Gasteiger partial charge in [0.25, 0.3) is 0 Å². The molecule has 66 valence electrons. The van der Waals surface area contributed by atoms with Crippen molar-refractivity contribution in [3.63, 3.8) is 0 Å². The van der Waals surface area contributed by atoms with Crippen LogP contribution in [0.1, 0.15) is 38.5 Å². The zero-order valence-electron chi connectivity index (χ0n) is 7.21. The maximum absolute atomic E-state index is 10.5. The van der Waals surface area contributed by atoms with Crippen molar-refractivity contribution in [2.75, 3.05) is 0 Å². The van der Waals surface area contributed by atoms with Gasteiger partial charge < -0.3 is 4.74 Å². The first kappa shape index (κ1) is 7.84. The Morgan fingerprint density at radius 2 is 1.92 bits per heavy atom. The number of carbonyl (C=O) groups is 1. The van der Waals surface area contributed by atoms with Crippen molar-refractivity contribution < 1.29 is 9.53 Å². The average molecular weight is 166 g/mol.